The second kappa shape index (κ2) is 15.9. The van der Waals surface area contributed by atoms with Gasteiger partial charge in [-0.1, -0.05) is 70.8 Å². The minimum atomic E-state index is -4.39. The number of nitrogens with one attached hydrogen (secondary N) is 4. The van der Waals surface area contributed by atoms with Crippen LogP contribution in [0.25, 0.3) is 0 Å². The third-order valence-corrected chi connectivity index (χ3v) is 17.4. The number of sulfone groups is 4. The summed E-state index contributed by atoms with van der Waals surface area (Å²) in [6.45, 7) is 6.16. The molecular weight excluding hydrogens is 745 g/mol. The fraction of sp³-hybridized carbons (Fsp3) is 0.333. The van der Waals surface area contributed by atoms with E-state index in [9.17, 15) is 33.7 Å². The SMILES string of the molecule is Cc1ccc(S(=O)(=O)[C@@H]2NCCN[C@@H](S(=O)(=O)c3ccc(C)cc3)[C@@H](S(=O)(=O)c3ccc(C)cc3)NCCN[C@H]2S(=O)(=O)c2ccc(C)cc2)cc1. The Morgan fingerprint density at radius 2 is 0.481 bits per heavy atom. The number of hydrogen-bond acceptors (Lipinski definition) is 12. The molecule has 4 N–H and O–H groups in total. The topological polar surface area (TPSA) is 185 Å². The van der Waals surface area contributed by atoms with Crippen LogP contribution in [0.2, 0.25) is 0 Å². The van der Waals surface area contributed by atoms with Crippen LogP contribution in [0.15, 0.2) is 117 Å². The maximum absolute atomic E-state index is 14.3. The molecule has 0 spiro atoms. The number of hydrogen-bond donors (Lipinski definition) is 4. The fourth-order valence-corrected chi connectivity index (χ4v) is 13.9. The molecule has 52 heavy (non-hydrogen) atoms. The molecule has 0 unspecified atom stereocenters. The van der Waals surface area contributed by atoms with Gasteiger partial charge in [0.25, 0.3) is 0 Å². The van der Waals surface area contributed by atoms with Gasteiger partial charge >= 0.3 is 0 Å². The highest BCUT2D eigenvalue weighted by molar-refractivity contribution is 7.96. The Hall–Kier alpha value is -3.48. The lowest BCUT2D eigenvalue weighted by Gasteiger charge is -2.32. The molecule has 4 aromatic carbocycles. The highest BCUT2D eigenvalue weighted by atomic mass is 32.2. The lowest BCUT2D eigenvalue weighted by Crippen LogP contribution is -2.61. The van der Waals surface area contributed by atoms with Crippen LogP contribution in [0.3, 0.4) is 0 Å². The Labute approximate surface area is 307 Å². The molecule has 16 heteroatoms. The first kappa shape index (κ1) is 39.7. The van der Waals surface area contributed by atoms with Gasteiger partial charge in [0.15, 0.2) is 39.3 Å². The number of aryl methyl sites for hydroxylation is 4. The normalized spacial score (nSPS) is 21.5. The van der Waals surface area contributed by atoms with Gasteiger partial charge in [0.1, 0.15) is 21.5 Å². The molecule has 1 saturated heterocycles. The van der Waals surface area contributed by atoms with Gasteiger partial charge in [0, 0.05) is 26.2 Å². The molecule has 0 amide bonds. The lowest BCUT2D eigenvalue weighted by molar-refractivity contribution is 0.431. The molecular formula is C36H44N4O8S4. The van der Waals surface area contributed by atoms with E-state index in [-0.39, 0.29) is 45.8 Å². The molecule has 0 saturated carbocycles. The van der Waals surface area contributed by atoms with Gasteiger partial charge in [-0.05, 0) is 76.2 Å². The summed E-state index contributed by atoms with van der Waals surface area (Å²) in [5.74, 6) is 0. The molecule has 1 aliphatic heterocycles. The van der Waals surface area contributed by atoms with Crippen molar-refractivity contribution >= 4 is 39.3 Å². The van der Waals surface area contributed by atoms with Gasteiger partial charge in [-0.3, -0.25) is 21.3 Å². The van der Waals surface area contributed by atoms with Crippen LogP contribution in [-0.4, -0.2) is 81.3 Å². The van der Waals surface area contributed by atoms with Crippen molar-refractivity contribution in [3.8, 4) is 0 Å². The third-order valence-electron chi connectivity index (χ3n) is 8.92. The second-order valence-corrected chi connectivity index (χ2v) is 21.2. The Morgan fingerprint density at radius 3 is 0.635 bits per heavy atom. The van der Waals surface area contributed by atoms with Gasteiger partial charge in [-0.2, -0.15) is 0 Å². The maximum atomic E-state index is 14.3. The first-order chi connectivity index (χ1) is 24.5. The predicted molar refractivity (Wildman–Crippen MR) is 201 cm³/mol. The summed E-state index contributed by atoms with van der Waals surface area (Å²) in [7, 11) is -17.6. The minimum absolute atomic E-state index is 0.108. The summed E-state index contributed by atoms with van der Waals surface area (Å²) in [4.78, 5) is -0.430. The predicted octanol–water partition coefficient (Wildman–Crippen LogP) is 2.79. The van der Waals surface area contributed by atoms with Crippen molar-refractivity contribution in [2.45, 2.75) is 68.8 Å². The van der Waals surface area contributed by atoms with Crippen LogP contribution < -0.4 is 21.3 Å². The van der Waals surface area contributed by atoms with Crippen LogP contribution in [0.4, 0.5) is 0 Å². The average molecular weight is 789 g/mol. The van der Waals surface area contributed by atoms with Gasteiger partial charge in [0.2, 0.25) is 0 Å². The van der Waals surface area contributed by atoms with Crippen LogP contribution >= 0.6 is 0 Å². The fourth-order valence-electron chi connectivity index (χ4n) is 5.87. The zero-order valence-corrected chi connectivity index (χ0v) is 32.5. The number of benzene rings is 4. The lowest BCUT2D eigenvalue weighted by atomic mass is 10.2. The highest BCUT2D eigenvalue weighted by Gasteiger charge is 2.45. The van der Waals surface area contributed by atoms with E-state index in [1.807, 2.05) is 0 Å². The zero-order chi connectivity index (χ0) is 37.9. The van der Waals surface area contributed by atoms with E-state index < -0.39 is 60.8 Å². The molecule has 5 rings (SSSR count). The minimum Gasteiger partial charge on any atom is -0.297 e. The summed E-state index contributed by atoms with van der Waals surface area (Å²) < 4.78 is 114. The van der Waals surface area contributed by atoms with E-state index in [1.54, 1.807) is 76.2 Å². The molecule has 4 atom stereocenters. The summed E-state index contributed by atoms with van der Waals surface area (Å²) in [5, 5.41) is 4.59. The van der Waals surface area contributed by atoms with Crippen molar-refractivity contribution in [1.82, 2.24) is 21.3 Å². The molecule has 0 radical (unpaired) electrons. The summed E-state index contributed by atoms with van der Waals surface area (Å²) in [6, 6.07) is 24.1. The zero-order valence-electron chi connectivity index (χ0n) is 29.3. The Kier molecular flexibility index (Phi) is 12.1. The quantitative estimate of drug-likeness (QED) is 0.205. The summed E-state index contributed by atoms with van der Waals surface area (Å²) >= 11 is 0. The van der Waals surface area contributed by atoms with Crippen LogP contribution in [0, 0.1) is 27.7 Å². The second-order valence-electron chi connectivity index (χ2n) is 12.9. The molecule has 1 heterocycles. The molecule has 280 valence electrons. The van der Waals surface area contributed by atoms with Gasteiger partial charge in [-0.25, -0.2) is 33.7 Å². The molecule has 1 aliphatic rings. The van der Waals surface area contributed by atoms with E-state index in [4.69, 9.17) is 0 Å². The van der Waals surface area contributed by atoms with Crippen molar-refractivity contribution in [2.24, 2.45) is 0 Å². The van der Waals surface area contributed by atoms with E-state index in [2.05, 4.69) is 21.3 Å². The van der Waals surface area contributed by atoms with E-state index >= 15 is 0 Å². The maximum Gasteiger partial charge on any atom is 0.196 e. The van der Waals surface area contributed by atoms with Crippen LogP contribution in [0.1, 0.15) is 22.3 Å². The third kappa shape index (κ3) is 8.50. The van der Waals surface area contributed by atoms with Gasteiger partial charge in [0.05, 0.1) is 19.6 Å². The summed E-state index contributed by atoms with van der Waals surface area (Å²) in [6.07, 6.45) is 0. The van der Waals surface area contributed by atoms with Gasteiger partial charge in [-0.15, -0.1) is 0 Å². The van der Waals surface area contributed by atoms with Gasteiger partial charge < -0.3 is 0 Å². The van der Waals surface area contributed by atoms with E-state index in [1.165, 1.54) is 48.5 Å². The Balaban J connectivity index is 1.60. The molecule has 0 aliphatic carbocycles. The van der Waals surface area contributed by atoms with Crippen molar-refractivity contribution < 1.29 is 33.7 Å². The molecule has 4 aromatic rings. The molecule has 0 aromatic heterocycles. The first-order valence-electron chi connectivity index (χ1n) is 16.6. The average Bonchev–Trinajstić information content (AvgIpc) is 3.09. The smallest absolute Gasteiger partial charge is 0.196 e. The Morgan fingerprint density at radius 1 is 0.327 bits per heavy atom. The van der Waals surface area contributed by atoms with Crippen LogP contribution in [0.5, 0.6) is 0 Å². The summed E-state index contributed by atoms with van der Waals surface area (Å²) in [5.41, 5.74) is 3.22. The van der Waals surface area contributed by atoms with E-state index in [0.29, 0.717) is 0 Å². The first-order valence-corrected chi connectivity index (χ1v) is 22.8. The largest absolute Gasteiger partial charge is 0.297 e. The Bertz CT molecular complexity index is 1960. The monoisotopic (exact) mass is 788 g/mol. The van der Waals surface area contributed by atoms with E-state index in [0.717, 1.165) is 22.3 Å². The van der Waals surface area contributed by atoms with Crippen molar-refractivity contribution in [1.29, 1.82) is 0 Å². The highest BCUT2D eigenvalue weighted by Crippen LogP contribution is 2.27. The van der Waals surface area contributed by atoms with Crippen molar-refractivity contribution in [2.75, 3.05) is 26.2 Å². The van der Waals surface area contributed by atoms with Crippen molar-refractivity contribution in [3.63, 3.8) is 0 Å². The molecule has 1 fully saturated rings. The van der Waals surface area contributed by atoms with Crippen molar-refractivity contribution in [3.05, 3.63) is 119 Å². The standard InChI is InChI=1S/C36H44N4O8S4/c1-25-5-13-29(14-6-25)49(41,42)33-34(50(43,44)30-15-7-26(2)8-16-30)38-23-24-40-36(52(47,48)32-19-11-28(4)12-20-32)35(39-22-21-37-33)51(45,46)31-17-9-27(3)10-18-31/h5-20,33-40H,21-24H2,1-4H3/t33-,34-,35-,36+/m0/s1. The molecule has 12 nitrogen and oxygen atoms in total. The molecule has 0 bridgehead atoms. The van der Waals surface area contributed by atoms with Crippen LogP contribution in [-0.2, 0) is 39.3 Å². The number of rotatable bonds is 8.